The molecule has 0 spiro atoms. The minimum Gasteiger partial charge on any atom is -0.484 e. The predicted octanol–water partition coefficient (Wildman–Crippen LogP) is 4.51. The molecule has 0 saturated heterocycles. The topological polar surface area (TPSA) is 55.6 Å². The molecule has 0 aliphatic rings. The minimum atomic E-state index is -0.268. The molecule has 1 amide bonds. The molecule has 2 aromatic heterocycles. The lowest BCUT2D eigenvalue weighted by Crippen LogP contribution is -2.28. The summed E-state index contributed by atoms with van der Waals surface area (Å²) < 4.78 is 20.7. The van der Waals surface area contributed by atoms with E-state index >= 15 is 0 Å². The molecule has 0 fully saturated rings. The van der Waals surface area contributed by atoms with Gasteiger partial charge in [0.05, 0.1) is 12.2 Å². The second-order valence-electron chi connectivity index (χ2n) is 6.73. The van der Waals surface area contributed by atoms with Crippen LogP contribution in [-0.2, 0) is 11.3 Å². The molecule has 0 aliphatic carbocycles. The molecule has 0 radical (unpaired) electrons. The van der Waals surface area contributed by atoms with Crippen molar-refractivity contribution in [1.29, 1.82) is 0 Å². The first-order valence-electron chi connectivity index (χ1n) is 9.19. The number of imidazole rings is 1. The van der Waals surface area contributed by atoms with Crippen LogP contribution in [0.25, 0.3) is 16.2 Å². The zero-order chi connectivity index (χ0) is 20.4. The van der Waals surface area contributed by atoms with Crippen molar-refractivity contribution in [3.63, 3.8) is 0 Å². The number of carbonyl (C=O) groups is 1. The summed E-state index contributed by atoms with van der Waals surface area (Å²) in [4.78, 5) is 18.6. The monoisotopic (exact) mass is 409 g/mol. The van der Waals surface area contributed by atoms with Gasteiger partial charge in [-0.2, -0.15) is 0 Å². The fourth-order valence-electron chi connectivity index (χ4n) is 3.01. The Labute approximate surface area is 171 Å². The van der Waals surface area contributed by atoms with E-state index in [4.69, 9.17) is 4.74 Å². The summed E-state index contributed by atoms with van der Waals surface area (Å²) in [5.41, 5.74) is 3.67. The number of nitrogens with zero attached hydrogens (tertiary/aromatic N) is 2. The lowest BCUT2D eigenvalue weighted by molar-refractivity contribution is -0.123. The molecular weight excluding hydrogens is 389 g/mol. The molecule has 2 heterocycles. The van der Waals surface area contributed by atoms with E-state index in [9.17, 15) is 9.18 Å². The third kappa shape index (κ3) is 4.14. The quantitative estimate of drug-likeness (QED) is 0.510. The fraction of sp³-hybridized carbons (Fsp3) is 0.182. The molecule has 2 aromatic carbocycles. The van der Waals surface area contributed by atoms with Gasteiger partial charge in [-0.1, -0.05) is 29.5 Å². The molecule has 4 rings (SSSR count). The van der Waals surface area contributed by atoms with E-state index in [1.807, 2.05) is 48.7 Å². The van der Waals surface area contributed by atoms with Gasteiger partial charge in [-0.3, -0.25) is 9.20 Å². The van der Waals surface area contributed by atoms with Gasteiger partial charge in [0.2, 0.25) is 0 Å². The summed E-state index contributed by atoms with van der Waals surface area (Å²) in [6.07, 6.45) is 1.93. The number of amides is 1. The van der Waals surface area contributed by atoms with Gasteiger partial charge >= 0.3 is 0 Å². The van der Waals surface area contributed by atoms with Crippen molar-refractivity contribution >= 4 is 22.2 Å². The van der Waals surface area contributed by atoms with Crippen LogP contribution in [0.4, 0.5) is 4.39 Å². The number of carbonyl (C=O) groups excluding carboxylic acids is 1. The summed E-state index contributed by atoms with van der Waals surface area (Å²) in [7, 11) is 0. The second kappa shape index (κ2) is 8.05. The molecular formula is C22H20FN3O2S. The Morgan fingerprint density at radius 1 is 1.17 bits per heavy atom. The Morgan fingerprint density at radius 2 is 1.93 bits per heavy atom. The zero-order valence-electron chi connectivity index (χ0n) is 16.1. The number of hydrogen-bond donors (Lipinski definition) is 1. The van der Waals surface area contributed by atoms with Crippen molar-refractivity contribution in [3.05, 3.63) is 76.7 Å². The van der Waals surface area contributed by atoms with Crippen molar-refractivity contribution in [2.75, 3.05) is 6.61 Å². The molecule has 1 N–H and O–H groups in total. The highest BCUT2D eigenvalue weighted by atomic mass is 32.1. The maximum absolute atomic E-state index is 13.1. The van der Waals surface area contributed by atoms with Crippen molar-refractivity contribution in [2.24, 2.45) is 0 Å². The average Bonchev–Trinajstić information content (AvgIpc) is 3.26. The SMILES string of the molecule is Cc1ccccc1OCC(=O)NCc1sc2nc(-c3ccc(F)cc3)cn2c1C. The van der Waals surface area contributed by atoms with E-state index in [0.29, 0.717) is 12.3 Å². The number of nitrogens with one attached hydrogen (secondary N) is 1. The summed E-state index contributed by atoms with van der Waals surface area (Å²) in [6, 6.07) is 13.9. The lowest BCUT2D eigenvalue weighted by Gasteiger charge is -2.09. The molecule has 0 unspecified atom stereocenters. The van der Waals surface area contributed by atoms with Crippen molar-refractivity contribution < 1.29 is 13.9 Å². The third-order valence-electron chi connectivity index (χ3n) is 4.69. The number of ether oxygens (including phenoxy) is 1. The second-order valence-corrected chi connectivity index (χ2v) is 7.79. The van der Waals surface area contributed by atoms with Crippen LogP contribution in [0.3, 0.4) is 0 Å². The minimum absolute atomic E-state index is 0.0267. The molecule has 0 bridgehead atoms. The third-order valence-corrected chi connectivity index (χ3v) is 5.85. The smallest absolute Gasteiger partial charge is 0.258 e. The van der Waals surface area contributed by atoms with Crippen LogP contribution in [0, 0.1) is 19.7 Å². The van der Waals surface area contributed by atoms with Crippen LogP contribution in [0.1, 0.15) is 16.1 Å². The summed E-state index contributed by atoms with van der Waals surface area (Å²) in [6.45, 7) is 4.33. The molecule has 148 valence electrons. The van der Waals surface area contributed by atoms with Crippen LogP contribution in [0.5, 0.6) is 5.75 Å². The number of aryl methyl sites for hydroxylation is 2. The van der Waals surface area contributed by atoms with E-state index < -0.39 is 0 Å². The maximum atomic E-state index is 13.1. The van der Waals surface area contributed by atoms with Gasteiger partial charge in [0.1, 0.15) is 11.6 Å². The number of para-hydroxylation sites is 1. The van der Waals surface area contributed by atoms with Gasteiger partial charge in [0, 0.05) is 22.3 Å². The van der Waals surface area contributed by atoms with E-state index in [-0.39, 0.29) is 18.3 Å². The Kier molecular flexibility index (Phi) is 5.31. The zero-order valence-corrected chi connectivity index (χ0v) is 16.9. The van der Waals surface area contributed by atoms with E-state index in [1.54, 1.807) is 12.1 Å². The number of rotatable bonds is 6. The predicted molar refractivity (Wildman–Crippen MR) is 112 cm³/mol. The lowest BCUT2D eigenvalue weighted by atomic mass is 10.2. The molecule has 4 aromatic rings. The number of aromatic nitrogens is 2. The van der Waals surface area contributed by atoms with Gasteiger partial charge in [0.15, 0.2) is 11.6 Å². The largest absolute Gasteiger partial charge is 0.484 e. The highest BCUT2D eigenvalue weighted by Gasteiger charge is 2.14. The van der Waals surface area contributed by atoms with Crippen LogP contribution in [-0.4, -0.2) is 21.9 Å². The molecule has 0 aliphatic heterocycles. The highest BCUT2D eigenvalue weighted by molar-refractivity contribution is 7.17. The Balaban J connectivity index is 1.40. The first-order valence-corrected chi connectivity index (χ1v) is 10.0. The number of benzene rings is 2. The van der Waals surface area contributed by atoms with Gasteiger partial charge in [-0.05, 0) is 49.7 Å². The molecule has 0 atom stereocenters. The maximum Gasteiger partial charge on any atom is 0.258 e. The summed E-state index contributed by atoms with van der Waals surface area (Å²) >= 11 is 1.52. The Morgan fingerprint density at radius 3 is 2.66 bits per heavy atom. The highest BCUT2D eigenvalue weighted by Crippen LogP contribution is 2.27. The van der Waals surface area contributed by atoms with Gasteiger partial charge in [0.25, 0.3) is 5.91 Å². The fourth-order valence-corrected chi connectivity index (χ4v) is 4.05. The Hall–Kier alpha value is -3.19. The van der Waals surface area contributed by atoms with Gasteiger partial charge in [-0.25, -0.2) is 9.37 Å². The molecule has 5 nitrogen and oxygen atoms in total. The van der Waals surface area contributed by atoms with E-state index in [0.717, 1.165) is 32.4 Å². The first-order chi connectivity index (χ1) is 14.0. The van der Waals surface area contributed by atoms with Gasteiger partial charge < -0.3 is 10.1 Å². The summed E-state index contributed by atoms with van der Waals surface area (Å²) in [5.74, 6) is 0.267. The standard InChI is InChI=1S/C22H20FN3O2S/c1-14-5-3-4-6-19(14)28-13-21(27)24-11-20-15(2)26-12-18(25-22(26)29-20)16-7-9-17(23)10-8-16/h3-10,12H,11,13H2,1-2H3,(H,24,27). The van der Waals surface area contributed by atoms with Gasteiger partial charge in [-0.15, -0.1) is 0 Å². The normalized spacial score (nSPS) is 11.0. The van der Waals surface area contributed by atoms with Crippen LogP contribution >= 0.6 is 11.3 Å². The number of hydrogen-bond acceptors (Lipinski definition) is 4. The van der Waals surface area contributed by atoms with Crippen LogP contribution < -0.4 is 10.1 Å². The van der Waals surface area contributed by atoms with Crippen LogP contribution in [0.2, 0.25) is 0 Å². The molecule has 7 heteroatoms. The molecule has 0 saturated carbocycles. The first kappa shape index (κ1) is 19.1. The van der Waals surface area contributed by atoms with Crippen molar-refractivity contribution in [2.45, 2.75) is 20.4 Å². The summed E-state index contributed by atoms with van der Waals surface area (Å²) in [5, 5.41) is 2.90. The van der Waals surface area contributed by atoms with Crippen molar-refractivity contribution in [1.82, 2.24) is 14.7 Å². The van der Waals surface area contributed by atoms with Crippen LogP contribution in [0.15, 0.2) is 54.7 Å². The number of fused-ring (bicyclic) bond motifs is 1. The van der Waals surface area contributed by atoms with Crippen molar-refractivity contribution in [3.8, 4) is 17.0 Å². The van der Waals surface area contributed by atoms with E-state index in [2.05, 4.69) is 10.3 Å². The van der Waals surface area contributed by atoms with E-state index in [1.165, 1.54) is 23.5 Å². The number of thiazole rings is 1. The Bertz CT molecular complexity index is 1160. The number of halogens is 1. The molecule has 29 heavy (non-hydrogen) atoms. The average molecular weight is 409 g/mol.